The minimum Gasteiger partial charge on any atom is -0.481 e. The highest BCUT2D eigenvalue weighted by atomic mass is 16.7. The first-order chi connectivity index (χ1) is 15.0. The SMILES string of the molecule is CCOC(=O)c1nc(N2CCC3(CC2)OCCO3)n(C)c(=O)c1OCc1ccccc1. The van der Waals surface area contributed by atoms with Crippen LogP contribution in [0.3, 0.4) is 0 Å². The highest BCUT2D eigenvalue weighted by Gasteiger charge is 2.40. The molecule has 4 rings (SSSR count). The normalized spacial score (nSPS) is 17.7. The minimum absolute atomic E-state index is 0.107. The summed E-state index contributed by atoms with van der Waals surface area (Å²) >= 11 is 0. The van der Waals surface area contributed by atoms with Crippen LogP contribution in [0.4, 0.5) is 5.95 Å². The molecule has 0 N–H and O–H groups in total. The molecule has 0 bridgehead atoms. The lowest BCUT2D eigenvalue weighted by Gasteiger charge is -2.38. The minimum atomic E-state index is -0.680. The van der Waals surface area contributed by atoms with Crippen molar-refractivity contribution in [1.82, 2.24) is 9.55 Å². The summed E-state index contributed by atoms with van der Waals surface area (Å²) in [4.78, 5) is 32.2. The number of carbonyl (C=O) groups is 1. The molecule has 9 nitrogen and oxygen atoms in total. The molecule has 0 atom stereocenters. The van der Waals surface area contributed by atoms with Crippen molar-refractivity contribution in [2.24, 2.45) is 7.05 Å². The summed E-state index contributed by atoms with van der Waals surface area (Å²) in [6.45, 7) is 4.39. The lowest BCUT2D eigenvalue weighted by atomic mass is 10.0. The van der Waals surface area contributed by atoms with Gasteiger partial charge in [-0.25, -0.2) is 9.78 Å². The van der Waals surface area contributed by atoms with E-state index in [0.717, 1.165) is 5.56 Å². The average Bonchev–Trinajstić information content (AvgIpc) is 3.24. The number of ether oxygens (including phenoxy) is 4. The van der Waals surface area contributed by atoms with Crippen LogP contribution in [-0.4, -0.2) is 54.2 Å². The molecule has 2 aliphatic rings. The van der Waals surface area contributed by atoms with E-state index in [-0.39, 0.29) is 24.7 Å². The maximum Gasteiger partial charge on any atom is 0.361 e. The Morgan fingerprint density at radius 3 is 2.48 bits per heavy atom. The first-order valence-corrected chi connectivity index (χ1v) is 10.5. The largest absolute Gasteiger partial charge is 0.481 e. The van der Waals surface area contributed by atoms with Crippen molar-refractivity contribution in [2.45, 2.75) is 32.2 Å². The zero-order chi connectivity index (χ0) is 21.8. The summed E-state index contributed by atoms with van der Waals surface area (Å²) in [5, 5.41) is 0. The molecule has 31 heavy (non-hydrogen) atoms. The zero-order valence-corrected chi connectivity index (χ0v) is 17.8. The van der Waals surface area contributed by atoms with Crippen LogP contribution in [0, 0.1) is 0 Å². The van der Waals surface area contributed by atoms with E-state index in [2.05, 4.69) is 4.98 Å². The maximum atomic E-state index is 13.1. The highest BCUT2D eigenvalue weighted by Crippen LogP contribution is 2.33. The molecule has 0 radical (unpaired) electrons. The third-order valence-electron chi connectivity index (χ3n) is 5.54. The summed E-state index contributed by atoms with van der Waals surface area (Å²) < 4.78 is 23.9. The number of esters is 1. The fourth-order valence-electron chi connectivity index (χ4n) is 3.88. The Bertz CT molecular complexity index is 975. The fourth-order valence-corrected chi connectivity index (χ4v) is 3.88. The number of rotatable bonds is 6. The Kier molecular flexibility index (Phi) is 6.24. The van der Waals surface area contributed by atoms with Crippen LogP contribution >= 0.6 is 0 Å². The number of hydrogen-bond donors (Lipinski definition) is 0. The van der Waals surface area contributed by atoms with Gasteiger partial charge in [0.05, 0.1) is 19.8 Å². The van der Waals surface area contributed by atoms with Crippen molar-refractivity contribution in [2.75, 3.05) is 37.8 Å². The third kappa shape index (κ3) is 4.42. The predicted molar refractivity (Wildman–Crippen MR) is 112 cm³/mol. The number of piperidine rings is 1. The number of nitrogens with zero attached hydrogens (tertiary/aromatic N) is 3. The maximum absolute atomic E-state index is 13.1. The van der Waals surface area contributed by atoms with Gasteiger partial charge in [0.15, 0.2) is 11.5 Å². The van der Waals surface area contributed by atoms with Crippen LogP contribution in [0.2, 0.25) is 0 Å². The zero-order valence-electron chi connectivity index (χ0n) is 17.8. The van der Waals surface area contributed by atoms with Gasteiger partial charge in [-0.1, -0.05) is 30.3 Å². The third-order valence-corrected chi connectivity index (χ3v) is 5.54. The van der Waals surface area contributed by atoms with Crippen LogP contribution in [0.25, 0.3) is 0 Å². The number of anilines is 1. The predicted octanol–water partition coefficient (Wildman–Crippen LogP) is 1.88. The van der Waals surface area contributed by atoms with Crippen LogP contribution in [0.5, 0.6) is 5.75 Å². The first-order valence-electron chi connectivity index (χ1n) is 10.5. The average molecular weight is 429 g/mol. The van der Waals surface area contributed by atoms with Gasteiger partial charge in [0.1, 0.15) is 6.61 Å². The fraction of sp³-hybridized carbons (Fsp3) is 0.500. The van der Waals surface area contributed by atoms with E-state index in [4.69, 9.17) is 18.9 Å². The lowest BCUT2D eigenvalue weighted by molar-refractivity contribution is -0.169. The Morgan fingerprint density at radius 2 is 1.84 bits per heavy atom. The number of carbonyl (C=O) groups excluding carboxylic acids is 1. The van der Waals surface area contributed by atoms with Gasteiger partial charge in [0.2, 0.25) is 11.7 Å². The molecule has 0 amide bonds. The van der Waals surface area contributed by atoms with E-state index in [1.165, 1.54) is 4.57 Å². The summed E-state index contributed by atoms with van der Waals surface area (Å²) in [5.41, 5.74) is 0.337. The van der Waals surface area contributed by atoms with E-state index in [1.54, 1.807) is 14.0 Å². The molecule has 0 aliphatic carbocycles. The van der Waals surface area contributed by atoms with Gasteiger partial charge in [-0.2, -0.15) is 0 Å². The van der Waals surface area contributed by atoms with Crippen LogP contribution in [0.1, 0.15) is 35.8 Å². The molecule has 9 heteroatoms. The molecule has 1 spiro atoms. The topological polar surface area (TPSA) is 92.1 Å². The second-order valence-corrected chi connectivity index (χ2v) is 7.54. The second kappa shape index (κ2) is 9.07. The van der Waals surface area contributed by atoms with E-state index < -0.39 is 17.3 Å². The Labute approximate surface area is 180 Å². The summed E-state index contributed by atoms with van der Waals surface area (Å²) in [5.74, 6) is -0.934. The second-order valence-electron chi connectivity index (χ2n) is 7.54. The number of aromatic nitrogens is 2. The molecule has 2 aliphatic heterocycles. The van der Waals surface area contributed by atoms with E-state index in [9.17, 15) is 9.59 Å². The van der Waals surface area contributed by atoms with Gasteiger partial charge in [-0.3, -0.25) is 9.36 Å². The van der Waals surface area contributed by atoms with Gasteiger partial charge in [0.25, 0.3) is 5.56 Å². The van der Waals surface area contributed by atoms with Crippen LogP contribution < -0.4 is 15.2 Å². The van der Waals surface area contributed by atoms with Crippen molar-refractivity contribution in [3.05, 3.63) is 51.9 Å². The lowest BCUT2D eigenvalue weighted by Crippen LogP contribution is -2.47. The first kappa shape index (κ1) is 21.3. The Hall–Kier alpha value is -2.91. The van der Waals surface area contributed by atoms with Crippen molar-refractivity contribution in [3.8, 4) is 5.75 Å². The Balaban J connectivity index is 1.62. The molecule has 166 valence electrons. The smallest absolute Gasteiger partial charge is 0.361 e. The van der Waals surface area contributed by atoms with Crippen molar-refractivity contribution < 1.29 is 23.7 Å². The van der Waals surface area contributed by atoms with Crippen molar-refractivity contribution in [3.63, 3.8) is 0 Å². The number of hydrogen-bond acceptors (Lipinski definition) is 8. The van der Waals surface area contributed by atoms with Gasteiger partial charge < -0.3 is 23.8 Å². The quantitative estimate of drug-likeness (QED) is 0.643. The molecule has 3 heterocycles. The molecule has 0 unspecified atom stereocenters. The van der Waals surface area contributed by atoms with E-state index in [1.807, 2.05) is 35.2 Å². The summed E-state index contributed by atoms with van der Waals surface area (Å²) in [6, 6.07) is 9.42. The van der Waals surface area contributed by atoms with Crippen LogP contribution in [0.15, 0.2) is 35.1 Å². The molecule has 1 aromatic carbocycles. The monoisotopic (exact) mass is 429 g/mol. The molecule has 1 aromatic heterocycles. The molecular formula is C22H27N3O6. The summed E-state index contributed by atoms with van der Waals surface area (Å²) in [6.07, 6.45) is 1.31. The summed E-state index contributed by atoms with van der Waals surface area (Å²) in [7, 11) is 1.63. The van der Waals surface area contributed by atoms with Crippen molar-refractivity contribution >= 4 is 11.9 Å². The van der Waals surface area contributed by atoms with E-state index in [0.29, 0.717) is 45.1 Å². The van der Waals surface area contributed by atoms with Crippen molar-refractivity contribution in [1.29, 1.82) is 0 Å². The molecule has 2 aromatic rings. The highest BCUT2D eigenvalue weighted by molar-refractivity contribution is 5.90. The number of benzene rings is 1. The van der Waals surface area contributed by atoms with Gasteiger partial charge >= 0.3 is 5.97 Å². The molecule has 0 saturated carbocycles. The standard InChI is InChI=1S/C22H27N3O6/c1-3-28-20(27)17-18(29-15-16-7-5-4-6-8-16)19(26)24(2)21(23-17)25-11-9-22(10-12-25)30-13-14-31-22/h4-8H,3,9-15H2,1-2H3. The van der Waals surface area contributed by atoms with E-state index >= 15 is 0 Å². The molecule has 2 fully saturated rings. The van der Waals surface area contributed by atoms with Gasteiger partial charge in [-0.15, -0.1) is 0 Å². The van der Waals surface area contributed by atoms with Gasteiger partial charge in [-0.05, 0) is 12.5 Å². The van der Waals surface area contributed by atoms with Gasteiger partial charge in [0, 0.05) is 33.0 Å². The molecular weight excluding hydrogens is 402 g/mol. The molecule has 2 saturated heterocycles. The van der Waals surface area contributed by atoms with Crippen LogP contribution in [-0.2, 0) is 27.9 Å². The Morgan fingerprint density at radius 1 is 1.16 bits per heavy atom.